The summed E-state index contributed by atoms with van der Waals surface area (Å²) in [5.41, 5.74) is 1.66. The Morgan fingerprint density at radius 2 is 1.82 bits per heavy atom. The van der Waals surface area contributed by atoms with Crippen LogP contribution in [0, 0.1) is 0 Å². The second-order valence-electron chi connectivity index (χ2n) is 7.38. The summed E-state index contributed by atoms with van der Waals surface area (Å²) in [4.78, 5) is 19.0. The third-order valence-corrected chi connectivity index (χ3v) is 5.11. The molecule has 1 saturated heterocycles. The van der Waals surface area contributed by atoms with Crippen molar-refractivity contribution < 1.29 is 9.53 Å². The number of pyridine rings is 1. The molecule has 5 heteroatoms. The fourth-order valence-corrected chi connectivity index (χ4v) is 3.46. The topological polar surface area (TPSA) is 54.5 Å². The van der Waals surface area contributed by atoms with Gasteiger partial charge in [0, 0.05) is 18.8 Å². The van der Waals surface area contributed by atoms with Crippen molar-refractivity contribution in [3.05, 3.63) is 59.8 Å². The molecule has 28 heavy (non-hydrogen) atoms. The van der Waals surface area contributed by atoms with Crippen LogP contribution < -0.4 is 10.1 Å². The Morgan fingerprint density at radius 3 is 2.57 bits per heavy atom. The van der Waals surface area contributed by atoms with Gasteiger partial charge in [-0.3, -0.25) is 4.79 Å². The summed E-state index contributed by atoms with van der Waals surface area (Å²) in [6, 6.07) is 13.5. The highest BCUT2D eigenvalue weighted by Crippen LogP contribution is 2.11. The number of nitrogens with one attached hydrogen (secondary N) is 1. The maximum atomic E-state index is 12.2. The van der Waals surface area contributed by atoms with Crippen LogP contribution in [0.3, 0.4) is 0 Å². The molecule has 1 aliphatic rings. The molecule has 1 aromatic heterocycles. The molecule has 1 aromatic carbocycles. The predicted molar refractivity (Wildman–Crippen MR) is 111 cm³/mol. The van der Waals surface area contributed by atoms with Crippen LogP contribution in [-0.2, 0) is 6.61 Å². The minimum Gasteiger partial charge on any atom is -0.473 e. The number of carbonyl (C=O) groups excluding carboxylic acids is 1. The maximum absolute atomic E-state index is 12.2. The highest BCUT2D eigenvalue weighted by Gasteiger charge is 2.09. The summed E-state index contributed by atoms with van der Waals surface area (Å²) in [5, 5.41) is 2.98. The summed E-state index contributed by atoms with van der Waals surface area (Å²) in [7, 11) is 0. The van der Waals surface area contributed by atoms with E-state index in [9.17, 15) is 4.79 Å². The zero-order valence-corrected chi connectivity index (χ0v) is 16.6. The number of benzene rings is 1. The van der Waals surface area contributed by atoms with Crippen molar-refractivity contribution in [2.45, 2.75) is 45.1 Å². The van der Waals surface area contributed by atoms with Crippen molar-refractivity contribution in [2.24, 2.45) is 0 Å². The summed E-state index contributed by atoms with van der Waals surface area (Å²) >= 11 is 0. The number of hydrogen-bond acceptors (Lipinski definition) is 4. The van der Waals surface area contributed by atoms with E-state index < -0.39 is 0 Å². The molecular formula is C23H31N3O2. The number of ether oxygens (including phenoxy) is 1. The SMILES string of the molecule is O=C(NCCCCCN1CCCCC1)c1ccc(OCc2ccccc2)nc1. The number of amides is 1. The first-order chi connectivity index (χ1) is 13.8. The molecule has 0 spiro atoms. The second kappa shape index (κ2) is 11.4. The molecule has 0 aliphatic carbocycles. The van der Waals surface area contributed by atoms with Crippen LogP contribution in [0.4, 0.5) is 0 Å². The number of rotatable bonds is 10. The van der Waals surface area contributed by atoms with Gasteiger partial charge < -0.3 is 15.0 Å². The summed E-state index contributed by atoms with van der Waals surface area (Å²) < 4.78 is 5.66. The molecule has 1 fully saturated rings. The summed E-state index contributed by atoms with van der Waals surface area (Å²) in [6.07, 6.45) is 9.04. The highest BCUT2D eigenvalue weighted by molar-refractivity contribution is 5.93. The van der Waals surface area contributed by atoms with E-state index in [4.69, 9.17) is 4.74 Å². The third-order valence-electron chi connectivity index (χ3n) is 5.11. The van der Waals surface area contributed by atoms with E-state index in [1.807, 2.05) is 30.3 Å². The maximum Gasteiger partial charge on any atom is 0.252 e. The van der Waals surface area contributed by atoms with Crippen LogP contribution >= 0.6 is 0 Å². The quantitative estimate of drug-likeness (QED) is 0.631. The Morgan fingerprint density at radius 1 is 1.00 bits per heavy atom. The Hall–Kier alpha value is -2.40. The normalized spacial score (nSPS) is 14.6. The van der Waals surface area contributed by atoms with Gasteiger partial charge in [-0.2, -0.15) is 0 Å². The van der Waals surface area contributed by atoms with E-state index in [1.165, 1.54) is 45.3 Å². The summed E-state index contributed by atoms with van der Waals surface area (Å²) in [5.74, 6) is 0.455. The highest BCUT2D eigenvalue weighted by atomic mass is 16.5. The van der Waals surface area contributed by atoms with Crippen LogP contribution in [0.15, 0.2) is 48.7 Å². The Labute approximate surface area is 168 Å². The molecule has 0 saturated carbocycles. The minimum atomic E-state index is -0.0712. The Kier molecular flexibility index (Phi) is 8.31. The fourth-order valence-electron chi connectivity index (χ4n) is 3.46. The molecule has 0 bridgehead atoms. The van der Waals surface area contributed by atoms with Crippen LogP contribution in [0.2, 0.25) is 0 Å². The van der Waals surface area contributed by atoms with Crippen LogP contribution in [0.1, 0.15) is 54.4 Å². The van der Waals surface area contributed by atoms with E-state index in [1.54, 1.807) is 18.3 Å². The average molecular weight is 382 g/mol. The summed E-state index contributed by atoms with van der Waals surface area (Å²) in [6.45, 7) is 4.90. The average Bonchev–Trinajstić information content (AvgIpc) is 2.76. The molecule has 0 radical (unpaired) electrons. The van der Waals surface area contributed by atoms with Gasteiger partial charge in [0.15, 0.2) is 0 Å². The lowest BCUT2D eigenvalue weighted by atomic mass is 10.1. The monoisotopic (exact) mass is 381 g/mol. The van der Waals surface area contributed by atoms with Gasteiger partial charge in [-0.1, -0.05) is 43.2 Å². The number of likely N-dealkylation sites (tertiary alicyclic amines) is 1. The van der Waals surface area contributed by atoms with E-state index in [0.717, 1.165) is 18.4 Å². The molecule has 3 rings (SSSR count). The van der Waals surface area contributed by atoms with E-state index in [-0.39, 0.29) is 5.91 Å². The van der Waals surface area contributed by atoms with Crippen LogP contribution in [0.25, 0.3) is 0 Å². The molecule has 150 valence electrons. The van der Waals surface area contributed by atoms with Crippen molar-refractivity contribution in [1.29, 1.82) is 0 Å². The molecule has 1 aliphatic heterocycles. The van der Waals surface area contributed by atoms with E-state index in [0.29, 0.717) is 24.6 Å². The minimum absolute atomic E-state index is 0.0712. The van der Waals surface area contributed by atoms with Gasteiger partial charge in [-0.15, -0.1) is 0 Å². The predicted octanol–water partition coefficient (Wildman–Crippen LogP) is 4.05. The largest absolute Gasteiger partial charge is 0.473 e. The molecule has 2 heterocycles. The van der Waals surface area contributed by atoms with Crippen molar-refractivity contribution >= 4 is 5.91 Å². The van der Waals surface area contributed by atoms with Gasteiger partial charge in [0.25, 0.3) is 5.91 Å². The molecule has 1 amide bonds. The van der Waals surface area contributed by atoms with Gasteiger partial charge in [-0.25, -0.2) is 4.98 Å². The standard InChI is InChI=1S/C23H31N3O2/c27-23(24-14-6-2-7-15-26-16-8-3-9-17-26)21-12-13-22(25-18-21)28-19-20-10-4-1-5-11-20/h1,4-5,10-13,18H,2-3,6-9,14-17,19H2,(H,24,27). The number of hydrogen-bond donors (Lipinski definition) is 1. The van der Waals surface area contributed by atoms with Gasteiger partial charge in [0.2, 0.25) is 5.88 Å². The number of carbonyl (C=O) groups is 1. The number of piperidine rings is 1. The van der Waals surface area contributed by atoms with Crippen molar-refractivity contribution in [2.75, 3.05) is 26.2 Å². The van der Waals surface area contributed by atoms with Crippen molar-refractivity contribution in [3.8, 4) is 5.88 Å². The Bertz CT molecular complexity index is 698. The van der Waals surface area contributed by atoms with Gasteiger partial charge in [-0.05, 0) is 56.9 Å². The van der Waals surface area contributed by atoms with E-state index in [2.05, 4.69) is 15.2 Å². The smallest absolute Gasteiger partial charge is 0.252 e. The molecule has 1 N–H and O–H groups in total. The number of aromatic nitrogens is 1. The van der Waals surface area contributed by atoms with Crippen molar-refractivity contribution in [1.82, 2.24) is 15.2 Å². The number of unbranched alkanes of at least 4 members (excludes halogenated alkanes) is 2. The van der Waals surface area contributed by atoms with Crippen molar-refractivity contribution in [3.63, 3.8) is 0 Å². The lowest BCUT2D eigenvalue weighted by molar-refractivity contribution is 0.0952. The van der Waals surface area contributed by atoms with Crippen LogP contribution in [-0.4, -0.2) is 42.0 Å². The lowest BCUT2D eigenvalue weighted by Gasteiger charge is -2.26. The van der Waals surface area contributed by atoms with Crippen LogP contribution in [0.5, 0.6) is 5.88 Å². The van der Waals surface area contributed by atoms with Gasteiger partial charge in [0.05, 0.1) is 5.56 Å². The van der Waals surface area contributed by atoms with Gasteiger partial charge in [0.1, 0.15) is 6.61 Å². The first kappa shape index (κ1) is 20.3. The molecule has 0 atom stereocenters. The zero-order chi connectivity index (χ0) is 19.4. The first-order valence-electron chi connectivity index (χ1n) is 10.4. The zero-order valence-electron chi connectivity index (χ0n) is 16.6. The molecular weight excluding hydrogens is 350 g/mol. The molecule has 0 unspecified atom stereocenters. The number of nitrogens with zero attached hydrogens (tertiary/aromatic N) is 2. The van der Waals surface area contributed by atoms with E-state index >= 15 is 0 Å². The van der Waals surface area contributed by atoms with Gasteiger partial charge >= 0.3 is 0 Å². The second-order valence-corrected chi connectivity index (χ2v) is 7.38. The fraction of sp³-hybridized carbons (Fsp3) is 0.478. The third kappa shape index (κ3) is 6.97. The lowest BCUT2D eigenvalue weighted by Crippen LogP contribution is -2.30. The Balaban J connectivity index is 1.29. The molecule has 2 aromatic rings. The first-order valence-corrected chi connectivity index (χ1v) is 10.4. The molecule has 5 nitrogen and oxygen atoms in total.